The van der Waals surface area contributed by atoms with Crippen LogP contribution in [0.25, 0.3) is 0 Å². The number of hydrogen-bond acceptors (Lipinski definition) is 3. The molecule has 0 radical (unpaired) electrons. The SMILES string of the molecule is O=C1C[C@H](c2ccccc2)C2(CCN(C(=O)[C@@H]3CCOC3)CC2)N1. The molecular formula is C19H24N2O3. The third kappa shape index (κ3) is 2.71. The van der Waals surface area contributed by atoms with Crippen molar-refractivity contribution < 1.29 is 14.3 Å². The Balaban J connectivity index is 1.48. The molecule has 2 atom stereocenters. The predicted octanol–water partition coefficient (Wildman–Crippen LogP) is 1.69. The summed E-state index contributed by atoms with van der Waals surface area (Å²) in [6.07, 6.45) is 3.05. The lowest BCUT2D eigenvalue weighted by Gasteiger charge is -2.43. The standard InChI is InChI=1S/C19H24N2O3/c22-17-12-16(14-4-2-1-3-5-14)19(20-17)7-9-21(10-8-19)18(23)15-6-11-24-13-15/h1-5,15-16H,6-13H2,(H,20,22)/t15-,16-/m1/s1. The molecule has 1 aromatic carbocycles. The molecule has 3 saturated heterocycles. The molecule has 0 aromatic heterocycles. The van der Waals surface area contributed by atoms with Crippen molar-refractivity contribution in [1.82, 2.24) is 10.2 Å². The number of likely N-dealkylation sites (tertiary alicyclic amines) is 1. The normalized spacial score (nSPS) is 29.0. The Labute approximate surface area is 142 Å². The number of nitrogens with one attached hydrogen (secondary N) is 1. The molecular weight excluding hydrogens is 304 g/mol. The Morgan fingerprint density at radius 2 is 1.96 bits per heavy atom. The minimum Gasteiger partial charge on any atom is -0.381 e. The molecule has 3 heterocycles. The van der Waals surface area contributed by atoms with Gasteiger partial charge in [-0.1, -0.05) is 30.3 Å². The molecule has 0 bridgehead atoms. The van der Waals surface area contributed by atoms with Crippen molar-refractivity contribution in [3.63, 3.8) is 0 Å². The van der Waals surface area contributed by atoms with Crippen LogP contribution in [0.2, 0.25) is 0 Å². The van der Waals surface area contributed by atoms with Gasteiger partial charge < -0.3 is 15.0 Å². The maximum Gasteiger partial charge on any atom is 0.228 e. The van der Waals surface area contributed by atoms with Gasteiger partial charge in [0.25, 0.3) is 0 Å². The summed E-state index contributed by atoms with van der Waals surface area (Å²) in [4.78, 5) is 26.7. The number of rotatable bonds is 2. The second-order valence-corrected chi connectivity index (χ2v) is 7.26. The summed E-state index contributed by atoms with van der Waals surface area (Å²) in [6, 6.07) is 10.3. The molecule has 3 fully saturated rings. The van der Waals surface area contributed by atoms with Gasteiger partial charge in [0.15, 0.2) is 0 Å². The van der Waals surface area contributed by atoms with Crippen LogP contribution in [0.15, 0.2) is 30.3 Å². The van der Waals surface area contributed by atoms with Crippen LogP contribution in [-0.4, -0.2) is 48.6 Å². The average molecular weight is 328 g/mol. The third-order valence-corrected chi connectivity index (χ3v) is 5.89. The summed E-state index contributed by atoms with van der Waals surface area (Å²) >= 11 is 0. The lowest BCUT2D eigenvalue weighted by Crippen LogP contribution is -2.55. The summed E-state index contributed by atoms with van der Waals surface area (Å²) in [5, 5.41) is 3.25. The van der Waals surface area contributed by atoms with E-state index in [1.165, 1.54) is 5.56 Å². The van der Waals surface area contributed by atoms with E-state index in [1.807, 2.05) is 23.1 Å². The fourth-order valence-electron chi connectivity index (χ4n) is 4.51. The molecule has 5 nitrogen and oxygen atoms in total. The van der Waals surface area contributed by atoms with Gasteiger partial charge in [-0.15, -0.1) is 0 Å². The van der Waals surface area contributed by atoms with Gasteiger partial charge in [-0.3, -0.25) is 9.59 Å². The molecule has 24 heavy (non-hydrogen) atoms. The Morgan fingerprint density at radius 1 is 1.21 bits per heavy atom. The van der Waals surface area contributed by atoms with Crippen LogP contribution >= 0.6 is 0 Å². The molecule has 0 saturated carbocycles. The maximum absolute atomic E-state index is 12.6. The number of benzene rings is 1. The van der Waals surface area contributed by atoms with Crippen molar-refractivity contribution in [2.24, 2.45) is 5.92 Å². The molecule has 3 aliphatic heterocycles. The van der Waals surface area contributed by atoms with E-state index in [0.717, 1.165) is 32.4 Å². The second-order valence-electron chi connectivity index (χ2n) is 7.26. The van der Waals surface area contributed by atoms with Crippen molar-refractivity contribution >= 4 is 11.8 Å². The van der Waals surface area contributed by atoms with Gasteiger partial charge in [-0.05, 0) is 24.8 Å². The lowest BCUT2D eigenvalue weighted by atomic mass is 9.74. The molecule has 1 N–H and O–H groups in total. The highest BCUT2D eigenvalue weighted by molar-refractivity contribution is 5.82. The van der Waals surface area contributed by atoms with E-state index in [1.54, 1.807) is 0 Å². The van der Waals surface area contributed by atoms with Crippen molar-refractivity contribution in [3.8, 4) is 0 Å². The Kier molecular flexibility index (Phi) is 4.04. The molecule has 4 rings (SSSR count). The first-order valence-corrected chi connectivity index (χ1v) is 8.90. The first-order valence-electron chi connectivity index (χ1n) is 8.90. The monoisotopic (exact) mass is 328 g/mol. The van der Waals surface area contributed by atoms with Gasteiger partial charge in [0.1, 0.15) is 0 Å². The average Bonchev–Trinajstić information content (AvgIpc) is 3.24. The highest BCUT2D eigenvalue weighted by atomic mass is 16.5. The highest BCUT2D eigenvalue weighted by Crippen LogP contribution is 2.43. The molecule has 0 aliphatic carbocycles. The summed E-state index contributed by atoms with van der Waals surface area (Å²) in [7, 11) is 0. The smallest absolute Gasteiger partial charge is 0.228 e. The van der Waals surface area contributed by atoms with E-state index < -0.39 is 0 Å². The van der Waals surface area contributed by atoms with E-state index in [9.17, 15) is 9.59 Å². The largest absolute Gasteiger partial charge is 0.381 e. The van der Waals surface area contributed by atoms with Crippen molar-refractivity contribution in [3.05, 3.63) is 35.9 Å². The van der Waals surface area contributed by atoms with E-state index in [4.69, 9.17) is 4.74 Å². The van der Waals surface area contributed by atoms with Gasteiger partial charge in [-0.25, -0.2) is 0 Å². The van der Waals surface area contributed by atoms with Crippen molar-refractivity contribution in [2.75, 3.05) is 26.3 Å². The zero-order valence-electron chi connectivity index (χ0n) is 13.9. The Hall–Kier alpha value is -1.88. The third-order valence-electron chi connectivity index (χ3n) is 5.89. The van der Waals surface area contributed by atoms with Crippen LogP contribution in [0.3, 0.4) is 0 Å². The van der Waals surface area contributed by atoms with Crippen LogP contribution in [0.5, 0.6) is 0 Å². The van der Waals surface area contributed by atoms with Gasteiger partial charge in [0.2, 0.25) is 11.8 Å². The molecule has 1 spiro atoms. The number of amides is 2. The zero-order chi connectivity index (χ0) is 16.6. The summed E-state index contributed by atoms with van der Waals surface area (Å²) < 4.78 is 5.35. The molecule has 2 amide bonds. The number of carbonyl (C=O) groups is 2. The van der Waals surface area contributed by atoms with Crippen LogP contribution in [0.1, 0.15) is 37.2 Å². The fraction of sp³-hybridized carbons (Fsp3) is 0.579. The number of nitrogens with zero attached hydrogens (tertiary/aromatic N) is 1. The van der Waals surface area contributed by atoms with Crippen molar-refractivity contribution in [1.29, 1.82) is 0 Å². The molecule has 5 heteroatoms. The summed E-state index contributed by atoms with van der Waals surface area (Å²) in [6.45, 7) is 2.70. The van der Waals surface area contributed by atoms with E-state index in [0.29, 0.717) is 19.6 Å². The predicted molar refractivity (Wildman–Crippen MR) is 89.4 cm³/mol. The second kappa shape index (κ2) is 6.20. The number of hydrogen-bond donors (Lipinski definition) is 1. The quantitative estimate of drug-likeness (QED) is 0.899. The van der Waals surface area contributed by atoms with Crippen LogP contribution < -0.4 is 5.32 Å². The van der Waals surface area contributed by atoms with Gasteiger partial charge >= 0.3 is 0 Å². The van der Waals surface area contributed by atoms with Crippen LogP contribution in [0.4, 0.5) is 0 Å². The minimum absolute atomic E-state index is 0.0298. The molecule has 128 valence electrons. The summed E-state index contributed by atoms with van der Waals surface area (Å²) in [5.41, 5.74) is 1.03. The lowest BCUT2D eigenvalue weighted by molar-refractivity contribution is -0.137. The Morgan fingerprint density at radius 3 is 2.62 bits per heavy atom. The van der Waals surface area contributed by atoms with Crippen molar-refractivity contribution in [2.45, 2.75) is 37.1 Å². The number of piperidine rings is 1. The van der Waals surface area contributed by atoms with E-state index in [2.05, 4.69) is 17.4 Å². The minimum atomic E-state index is -0.193. The van der Waals surface area contributed by atoms with Gasteiger partial charge in [0, 0.05) is 32.0 Å². The topological polar surface area (TPSA) is 58.6 Å². The zero-order valence-corrected chi connectivity index (χ0v) is 13.9. The van der Waals surface area contributed by atoms with Crippen LogP contribution in [-0.2, 0) is 14.3 Å². The molecule has 3 aliphatic rings. The highest BCUT2D eigenvalue weighted by Gasteiger charge is 2.49. The fourth-order valence-corrected chi connectivity index (χ4v) is 4.51. The first kappa shape index (κ1) is 15.6. The van der Waals surface area contributed by atoms with Gasteiger partial charge in [-0.2, -0.15) is 0 Å². The first-order chi connectivity index (χ1) is 11.7. The van der Waals surface area contributed by atoms with E-state index in [-0.39, 0.29) is 29.2 Å². The maximum atomic E-state index is 12.6. The molecule has 0 unspecified atom stereocenters. The Bertz CT molecular complexity index is 617. The number of ether oxygens (including phenoxy) is 1. The number of carbonyl (C=O) groups excluding carboxylic acids is 2. The summed E-state index contributed by atoms with van der Waals surface area (Å²) in [5.74, 6) is 0.594. The van der Waals surface area contributed by atoms with E-state index >= 15 is 0 Å². The molecule has 1 aromatic rings. The van der Waals surface area contributed by atoms with Crippen LogP contribution in [0, 0.1) is 5.92 Å². The van der Waals surface area contributed by atoms with Gasteiger partial charge in [0.05, 0.1) is 18.1 Å².